The van der Waals surface area contributed by atoms with Gasteiger partial charge in [0.1, 0.15) is 5.60 Å². The number of hydrogen-bond acceptors (Lipinski definition) is 4. The van der Waals surface area contributed by atoms with Crippen molar-refractivity contribution >= 4 is 11.9 Å². The van der Waals surface area contributed by atoms with E-state index >= 15 is 0 Å². The maximum Gasteiger partial charge on any atom is 0.348 e. The maximum absolute atomic E-state index is 11.9. The zero-order valence-electron chi connectivity index (χ0n) is 11.5. The molecule has 1 heterocycles. The number of ether oxygens (including phenoxy) is 2. The van der Waals surface area contributed by atoms with Gasteiger partial charge in [-0.05, 0) is 34.1 Å². The van der Waals surface area contributed by atoms with Crippen molar-refractivity contribution in [2.24, 2.45) is 11.3 Å². The fraction of sp³-hybridized carbons (Fsp3) is 0.846. The highest BCUT2D eigenvalue weighted by Gasteiger charge is 2.50. The summed E-state index contributed by atoms with van der Waals surface area (Å²) in [5.74, 6) is -0.916. The van der Waals surface area contributed by atoms with Gasteiger partial charge in [0.2, 0.25) is 6.10 Å². The minimum atomic E-state index is -0.775. The van der Waals surface area contributed by atoms with Crippen molar-refractivity contribution in [3.8, 4) is 0 Å². The first-order chi connectivity index (χ1) is 7.62. The van der Waals surface area contributed by atoms with Crippen molar-refractivity contribution in [3.63, 3.8) is 0 Å². The van der Waals surface area contributed by atoms with Gasteiger partial charge in [-0.15, -0.1) is 0 Å². The van der Waals surface area contributed by atoms with Gasteiger partial charge in [-0.3, -0.25) is 4.79 Å². The van der Waals surface area contributed by atoms with Crippen LogP contribution in [0.4, 0.5) is 0 Å². The molecule has 0 aliphatic carbocycles. The highest BCUT2D eigenvalue weighted by atomic mass is 16.6. The van der Waals surface area contributed by atoms with E-state index in [4.69, 9.17) is 9.47 Å². The molecular formula is C13H22O4. The summed E-state index contributed by atoms with van der Waals surface area (Å²) in [6, 6.07) is 0. The predicted octanol–water partition coefficient (Wildman–Crippen LogP) is 2.31. The molecule has 0 amide bonds. The molecule has 0 spiro atoms. The molecule has 1 aliphatic rings. The molecule has 0 aromatic rings. The lowest BCUT2D eigenvalue weighted by molar-refractivity contribution is -0.168. The van der Waals surface area contributed by atoms with Gasteiger partial charge in [0.25, 0.3) is 0 Å². The molecule has 0 aromatic heterocycles. The summed E-state index contributed by atoms with van der Waals surface area (Å²) in [5.41, 5.74) is -1.13. The van der Waals surface area contributed by atoms with E-state index < -0.39 is 23.1 Å². The largest absolute Gasteiger partial charge is 0.456 e. The van der Waals surface area contributed by atoms with Gasteiger partial charge in [-0.1, -0.05) is 13.8 Å². The number of carbonyl (C=O) groups excluding carboxylic acids is 2. The van der Waals surface area contributed by atoms with Gasteiger partial charge in [0.05, 0.1) is 5.41 Å². The van der Waals surface area contributed by atoms with Gasteiger partial charge in [0, 0.05) is 5.92 Å². The highest BCUT2D eigenvalue weighted by molar-refractivity contribution is 5.83. The van der Waals surface area contributed by atoms with Crippen LogP contribution >= 0.6 is 0 Å². The van der Waals surface area contributed by atoms with Crippen molar-refractivity contribution in [2.45, 2.75) is 59.7 Å². The lowest BCUT2D eigenvalue weighted by atomic mass is 9.89. The van der Waals surface area contributed by atoms with Crippen LogP contribution in [0, 0.1) is 11.3 Å². The fourth-order valence-corrected chi connectivity index (χ4v) is 1.55. The summed E-state index contributed by atoms with van der Waals surface area (Å²) < 4.78 is 10.5. The molecule has 1 rings (SSSR count). The molecule has 17 heavy (non-hydrogen) atoms. The Morgan fingerprint density at radius 3 is 2.35 bits per heavy atom. The van der Waals surface area contributed by atoms with Crippen LogP contribution in [-0.4, -0.2) is 23.6 Å². The van der Waals surface area contributed by atoms with E-state index in [1.165, 1.54) is 0 Å². The summed E-state index contributed by atoms with van der Waals surface area (Å²) in [4.78, 5) is 23.6. The van der Waals surface area contributed by atoms with E-state index in [0.29, 0.717) is 6.42 Å². The minimum absolute atomic E-state index is 0.133. The first-order valence-electron chi connectivity index (χ1n) is 6.06. The van der Waals surface area contributed by atoms with Crippen molar-refractivity contribution < 1.29 is 19.1 Å². The Morgan fingerprint density at radius 2 is 2.00 bits per heavy atom. The van der Waals surface area contributed by atoms with Gasteiger partial charge in [-0.2, -0.15) is 0 Å². The maximum atomic E-state index is 11.9. The number of rotatable bonds is 3. The number of esters is 2. The normalized spacial score (nSPS) is 27.8. The Kier molecular flexibility index (Phi) is 3.55. The van der Waals surface area contributed by atoms with Crippen molar-refractivity contribution in [1.82, 2.24) is 0 Å². The van der Waals surface area contributed by atoms with E-state index in [1.54, 1.807) is 0 Å². The lowest BCUT2D eigenvalue weighted by Crippen LogP contribution is -2.36. The van der Waals surface area contributed by atoms with Crippen molar-refractivity contribution in [1.29, 1.82) is 0 Å². The van der Waals surface area contributed by atoms with Crippen LogP contribution in [0.3, 0.4) is 0 Å². The second-order valence-corrected chi connectivity index (χ2v) is 5.88. The average molecular weight is 242 g/mol. The molecule has 98 valence electrons. The van der Waals surface area contributed by atoms with Crippen LogP contribution in [0.1, 0.15) is 48.0 Å². The summed E-state index contributed by atoms with van der Waals surface area (Å²) >= 11 is 0. The van der Waals surface area contributed by atoms with Crippen molar-refractivity contribution in [3.05, 3.63) is 0 Å². The highest BCUT2D eigenvalue weighted by Crippen LogP contribution is 2.35. The Bertz CT molecular complexity index is 330. The molecule has 2 unspecified atom stereocenters. The van der Waals surface area contributed by atoms with Crippen LogP contribution in [0.5, 0.6) is 0 Å². The van der Waals surface area contributed by atoms with Gasteiger partial charge in [-0.25, -0.2) is 4.79 Å². The topological polar surface area (TPSA) is 52.6 Å². The average Bonchev–Trinajstić information content (AvgIpc) is 2.40. The molecule has 0 saturated carbocycles. The molecule has 1 aliphatic heterocycles. The molecule has 0 N–H and O–H groups in total. The zero-order chi connectivity index (χ0) is 13.4. The van der Waals surface area contributed by atoms with Gasteiger partial charge in [0.15, 0.2) is 0 Å². The molecular weight excluding hydrogens is 220 g/mol. The third kappa shape index (κ3) is 2.61. The van der Waals surface area contributed by atoms with E-state index in [-0.39, 0.29) is 11.9 Å². The number of hydrogen-bond donors (Lipinski definition) is 0. The third-order valence-electron chi connectivity index (χ3n) is 3.82. The van der Waals surface area contributed by atoms with E-state index in [2.05, 4.69) is 0 Å². The summed E-state index contributed by atoms with van der Waals surface area (Å²) in [7, 11) is 0. The third-order valence-corrected chi connectivity index (χ3v) is 3.82. The molecule has 1 fully saturated rings. The second-order valence-electron chi connectivity index (χ2n) is 5.88. The number of carbonyl (C=O) groups is 2. The summed E-state index contributed by atoms with van der Waals surface area (Å²) in [6.07, 6.45) is -0.103. The Balaban J connectivity index is 2.77. The standard InChI is InChI=1S/C13H22O4/c1-7-12(3,4)11(15)16-9-8(2)13(5,6)17-10(9)14/h8-9H,7H2,1-6H3. The molecule has 0 bridgehead atoms. The summed E-state index contributed by atoms with van der Waals surface area (Å²) in [6.45, 7) is 11.1. The fourth-order valence-electron chi connectivity index (χ4n) is 1.55. The number of cyclic esters (lactones) is 1. The second kappa shape index (κ2) is 4.31. The molecule has 4 heteroatoms. The summed E-state index contributed by atoms with van der Waals surface area (Å²) in [5, 5.41) is 0. The predicted molar refractivity (Wildman–Crippen MR) is 63.3 cm³/mol. The minimum Gasteiger partial charge on any atom is -0.456 e. The van der Waals surface area contributed by atoms with Crippen LogP contribution < -0.4 is 0 Å². The molecule has 0 radical (unpaired) electrons. The Morgan fingerprint density at radius 1 is 1.47 bits per heavy atom. The Hall–Kier alpha value is -1.06. The molecule has 1 saturated heterocycles. The van der Waals surface area contributed by atoms with E-state index in [1.807, 2.05) is 41.5 Å². The van der Waals surface area contributed by atoms with E-state index in [9.17, 15) is 9.59 Å². The molecule has 2 atom stereocenters. The zero-order valence-corrected chi connectivity index (χ0v) is 11.5. The lowest BCUT2D eigenvalue weighted by Gasteiger charge is -2.25. The van der Waals surface area contributed by atoms with Crippen LogP contribution in [-0.2, 0) is 19.1 Å². The van der Waals surface area contributed by atoms with Crippen LogP contribution in [0.2, 0.25) is 0 Å². The van der Waals surface area contributed by atoms with Crippen LogP contribution in [0.15, 0.2) is 0 Å². The first-order valence-corrected chi connectivity index (χ1v) is 6.06. The van der Waals surface area contributed by atoms with Gasteiger partial charge < -0.3 is 9.47 Å². The van der Waals surface area contributed by atoms with Crippen LogP contribution in [0.25, 0.3) is 0 Å². The quantitative estimate of drug-likeness (QED) is 0.713. The smallest absolute Gasteiger partial charge is 0.348 e. The van der Waals surface area contributed by atoms with Gasteiger partial charge >= 0.3 is 11.9 Å². The SMILES string of the molecule is CCC(C)(C)C(=O)OC1C(=O)OC(C)(C)C1C. The molecule has 4 nitrogen and oxygen atoms in total. The first kappa shape index (κ1) is 14.0. The van der Waals surface area contributed by atoms with E-state index in [0.717, 1.165) is 0 Å². The monoisotopic (exact) mass is 242 g/mol. The van der Waals surface area contributed by atoms with Crippen molar-refractivity contribution in [2.75, 3.05) is 0 Å². The molecule has 0 aromatic carbocycles. The Labute approximate surface area is 103 Å².